The molecule has 0 unspecified atom stereocenters. The van der Waals surface area contributed by atoms with Crippen molar-refractivity contribution in [2.45, 2.75) is 30.9 Å². The van der Waals surface area contributed by atoms with Crippen molar-refractivity contribution in [2.24, 2.45) is 0 Å². The lowest BCUT2D eigenvalue weighted by Crippen LogP contribution is -2.70. The van der Waals surface area contributed by atoms with Crippen LogP contribution in [0.3, 0.4) is 0 Å². The molecule has 2 aliphatic rings. The van der Waals surface area contributed by atoms with Gasteiger partial charge < -0.3 is 19.5 Å². The largest absolute Gasteiger partial charge is 0.497 e. The molecule has 1 N–H and O–H groups in total. The summed E-state index contributed by atoms with van der Waals surface area (Å²) in [6, 6.07) is 16.1. The van der Waals surface area contributed by atoms with E-state index in [0.29, 0.717) is 17.9 Å². The Morgan fingerprint density at radius 1 is 1.11 bits per heavy atom. The lowest BCUT2D eigenvalue weighted by Gasteiger charge is -2.50. The SMILES string of the molecule is COc1ccc(COC(=S)C2=C(CCOC(=O)CCl)CS[C@@H]3[C@H](NC(=O)Cc4ccccc4)C(=O)N23)cc1. The van der Waals surface area contributed by atoms with Crippen molar-refractivity contribution in [3.63, 3.8) is 0 Å². The molecule has 200 valence electrons. The number of β-lactam (4-membered cyclic amide) rings is 1. The Hall–Kier alpha value is -3.08. The number of thioether (sulfide) groups is 1. The molecule has 0 aliphatic carbocycles. The van der Waals surface area contributed by atoms with Crippen molar-refractivity contribution in [3.8, 4) is 5.75 Å². The van der Waals surface area contributed by atoms with Crippen molar-refractivity contribution < 1.29 is 28.6 Å². The summed E-state index contributed by atoms with van der Waals surface area (Å²) in [5, 5.41) is 2.73. The molecule has 2 aliphatic heterocycles. The van der Waals surface area contributed by atoms with Crippen LogP contribution in [-0.2, 0) is 36.9 Å². The number of benzene rings is 2. The summed E-state index contributed by atoms with van der Waals surface area (Å²) >= 11 is 12.7. The van der Waals surface area contributed by atoms with E-state index < -0.39 is 12.0 Å². The third-order valence-electron chi connectivity index (χ3n) is 6.07. The molecular weight excluding hydrogens is 548 g/mol. The number of carbonyl (C=O) groups excluding carboxylic acids is 3. The van der Waals surface area contributed by atoms with Gasteiger partial charge in [0.1, 0.15) is 29.7 Å². The van der Waals surface area contributed by atoms with Gasteiger partial charge in [-0.25, -0.2) is 0 Å². The first kappa shape index (κ1) is 27.9. The average Bonchev–Trinajstić information content (AvgIpc) is 2.94. The molecule has 1 fully saturated rings. The Morgan fingerprint density at radius 3 is 2.53 bits per heavy atom. The number of thiocarbonyl (C=S) groups is 1. The van der Waals surface area contributed by atoms with E-state index in [9.17, 15) is 14.4 Å². The van der Waals surface area contributed by atoms with Crippen LogP contribution >= 0.6 is 35.6 Å². The van der Waals surface area contributed by atoms with Gasteiger partial charge in [0.2, 0.25) is 11.0 Å². The van der Waals surface area contributed by atoms with Crippen molar-refractivity contribution in [1.82, 2.24) is 10.2 Å². The number of hydrogen-bond donors (Lipinski definition) is 1. The molecule has 2 heterocycles. The number of ether oxygens (including phenoxy) is 3. The van der Waals surface area contributed by atoms with E-state index in [1.165, 1.54) is 11.8 Å². The maximum atomic E-state index is 13.2. The van der Waals surface area contributed by atoms with Crippen molar-refractivity contribution in [3.05, 3.63) is 77.0 Å². The minimum absolute atomic E-state index is 0.107. The molecule has 4 rings (SSSR count). The second-order valence-corrected chi connectivity index (χ2v) is 10.3. The Labute approximate surface area is 235 Å². The molecule has 2 atom stereocenters. The fourth-order valence-electron chi connectivity index (χ4n) is 4.13. The molecule has 0 bridgehead atoms. The van der Waals surface area contributed by atoms with E-state index in [1.807, 2.05) is 54.6 Å². The predicted octanol–water partition coefficient (Wildman–Crippen LogP) is 3.61. The molecule has 2 aromatic carbocycles. The lowest BCUT2D eigenvalue weighted by atomic mass is 10.0. The van der Waals surface area contributed by atoms with E-state index in [0.717, 1.165) is 22.4 Å². The van der Waals surface area contributed by atoms with Gasteiger partial charge in [0, 0.05) is 12.2 Å². The highest BCUT2D eigenvalue weighted by atomic mass is 35.5. The number of esters is 1. The second-order valence-electron chi connectivity index (χ2n) is 8.60. The number of hydrogen-bond acceptors (Lipinski definition) is 8. The summed E-state index contributed by atoms with van der Waals surface area (Å²) in [5.74, 6) is 0.0308. The Balaban J connectivity index is 1.46. The highest BCUT2D eigenvalue weighted by Crippen LogP contribution is 2.42. The molecule has 2 aromatic rings. The summed E-state index contributed by atoms with van der Waals surface area (Å²) in [4.78, 5) is 39.0. The van der Waals surface area contributed by atoms with Crippen LogP contribution < -0.4 is 10.1 Å². The van der Waals surface area contributed by atoms with Crippen LogP contribution in [0.5, 0.6) is 5.75 Å². The quantitative estimate of drug-likeness (QED) is 0.188. The topological polar surface area (TPSA) is 94.2 Å². The van der Waals surface area contributed by atoms with Gasteiger partial charge in [0.05, 0.1) is 25.8 Å². The number of fused-ring (bicyclic) bond motifs is 1. The van der Waals surface area contributed by atoms with Crippen LogP contribution in [0.25, 0.3) is 0 Å². The first-order valence-corrected chi connectivity index (χ1v) is 13.9. The summed E-state index contributed by atoms with van der Waals surface area (Å²) in [6.07, 6.45) is 0.559. The summed E-state index contributed by atoms with van der Waals surface area (Å²) in [7, 11) is 1.60. The minimum Gasteiger partial charge on any atom is -0.497 e. The van der Waals surface area contributed by atoms with Gasteiger partial charge in [0.25, 0.3) is 5.91 Å². The van der Waals surface area contributed by atoms with Gasteiger partial charge in [-0.1, -0.05) is 42.5 Å². The standard InChI is InChI=1S/C27H27ClN2O6S2/c1-34-20-9-7-18(8-10-20)15-36-27(37)24-19(11-12-35-22(32)14-28)16-38-26-23(25(33)30(24)26)29-21(31)13-17-5-3-2-4-6-17/h2-10,23,26H,11-16H2,1H3,(H,29,31)/t23-,26-/m1/s1. The minimum atomic E-state index is -0.661. The molecule has 0 radical (unpaired) electrons. The number of rotatable bonds is 11. The number of methoxy groups -OCH3 is 1. The number of alkyl halides is 1. The lowest BCUT2D eigenvalue weighted by molar-refractivity contribution is -0.145. The number of nitrogens with zero attached hydrogens (tertiary/aromatic N) is 1. The highest BCUT2D eigenvalue weighted by molar-refractivity contribution is 8.00. The smallest absolute Gasteiger partial charge is 0.320 e. The number of nitrogens with one attached hydrogen (secondary N) is 1. The van der Waals surface area contributed by atoms with Gasteiger partial charge in [0.15, 0.2) is 0 Å². The van der Waals surface area contributed by atoms with Crippen molar-refractivity contribution in [2.75, 3.05) is 25.3 Å². The molecule has 0 saturated carbocycles. The zero-order chi connectivity index (χ0) is 27.1. The summed E-state index contributed by atoms with van der Waals surface area (Å²) in [5.41, 5.74) is 3.08. The predicted molar refractivity (Wildman–Crippen MR) is 149 cm³/mol. The molecule has 1 saturated heterocycles. The molecule has 2 amide bonds. The third-order valence-corrected chi connectivity index (χ3v) is 7.94. The molecular formula is C27H27ClN2O6S2. The van der Waals surface area contributed by atoms with E-state index in [2.05, 4.69) is 5.32 Å². The van der Waals surface area contributed by atoms with Gasteiger partial charge in [-0.05, 0) is 41.1 Å². The molecule has 0 spiro atoms. The maximum absolute atomic E-state index is 13.2. The third kappa shape index (κ3) is 6.67. The van der Waals surface area contributed by atoms with Crippen molar-refractivity contribution in [1.29, 1.82) is 0 Å². The Bertz CT molecular complexity index is 1220. The number of carbonyl (C=O) groups is 3. The van der Waals surface area contributed by atoms with Crippen LogP contribution in [0.2, 0.25) is 0 Å². The monoisotopic (exact) mass is 574 g/mol. The van der Waals surface area contributed by atoms with E-state index >= 15 is 0 Å². The second kappa shape index (κ2) is 13.1. The fourth-order valence-corrected chi connectivity index (χ4v) is 5.90. The number of amides is 2. The Kier molecular flexibility index (Phi) is 9.65. The first-order chi connectivity index (χ1) is 18.4. The van der Waals surface area contributed by atoms with Gasteiger partial charge in [-0.15, -0.1) is 23.4 Å². The van der Waals surface area contributed by atoms with Gasteiger partial charge in [-0.3, -0.25) is 19.3 Å². The zero-order valence-corrected chi connectivity index (χ0v) is 23.1. The highest BCUT2D eigenvalue weighted by Gasteiger charge is 2.53. The normalized spacial score (nSPS) is 18.3. The maximum Gasteiger partial charge on any atom is 0.320 e. The van der Waals surface area contributed by atoms with Crippen molar-refractivity contribution >= 4 is 58.4 Å². The molecule has 11 heteroatoms. The van der Waals surface area contributed by atoms with Crippen LogP contribution in [0.15, 0.2) is 65.9 Å². The zero-order valence-electron chi connectivity index (χ0n) is 20.7. The Morgan fingerprint density at radius 2 is 1.84 bits per heavy atom. The average molecular weight is 575 g/mol. The van der Waals surface area contributed by atoms with E-state index in [4.69, 9.17) is 38.0 Å². The van der Waals surface area contributed by atoms with Gasteiger partial charge in [-0.2, -0.15) is 0 Å². The summed E-state index contributed by atoms with van der Waals surface area (Å²) in [6.45, 7) is 0.313. The van der Waals surface area contributed by atoms with E-state index in [1.54, 1.807) is 12.0 Å². The van der Waals surface area contributed by atoms with Gasteiger partial charge >= 0.3 is 5.97 Å². The first-order valence-electron chi connectivity index (χ1n) is 11.9. The summed E-state index contributed by atoms with van der Waals surface area (Å²) < 4.78 is 16.3. The number of halogens is 1. The molecule has 38 heavy (non-hydrogen) atoms. The van der Waals surface area contributed by atoms with Crippen LogP contribution in [0, 0.1) is 0 Å². The fraction of sp³-hybridized carbons (Fsp3) is 0.333. The molecule has 8 nitrogen and oxygen atoms in total. The van der Waals surface area contributed by atoms with E-state index in [-0.39, 0.29) is 47.8 Å². The molecule has 0 aromatic heterocycles. The van der Waals surface area contributed by atoms with Crippen LogP contribution in [0.1, 0.15) is 17.5 Å². The van der Waals surface area contributed by atoms with Crippen LogP contribution in [0.4, 0.5) is 0 Å². The van der Waals surface area contributed by atoms with Crippen LogP contribution in [-0.4, -0.2) is 64.5 Å².